The Morgan fingerprint density at radius 3 is 2.51 bits per heavy atom. The molecule has 0 radical (unpaired) electrons. The maximum absolute atomic E-state index is 13.8. The van der Waals surface area contributed by atoms with Gasteiger partial charge in [-0.1, -0.05) is 31.4 Å². The number of likely N-dealkylation sites (N-methyl/N-ethyl adjacent to an activating group) is 1. The quantitative estimate of drug-likeness (QED) is 0.590. The molecule has 1 aliphatic carbocycles. The Kier molecular flexibility index (Phi) is 7.68. The average Bonchev–Trinajstić information content (AvgIpc) is 3.71. The summed E-state index contributed by atoms with van der Waals surface area (Å²) >= 11 is 1.65. The molecular weight excluding hydrogens is 514 g/mol. The van der Waals surface area contributed by atoms with E-state index in [1.54, 1.807) is 16.2 Å². The number of benzene rings is 1. The van der Waals surface area contributed by atoms with Crippen LogP contribution in [0.2, 0.25) is 0 Å². The van der Waals surface area contributed by atoms with E-state index in [4.69, 9.17) is 9.72 Å². The number of likely N-dealkylation sites (tertiary alicyclic amines) is 1. The number of piperazine rings is 1. The molecule has 3 aliphatic heterocycles. The van der Waals surface area contributed by atoms with Gasteiger partial charge in [-0.15, -0.1) is 11.3 Å². The molecule has 9 nitrogen and oxygen atoms in total. The van der Waals surface area contributed by atoms with Gasteiger partial charge in [0.2, 0.25) is 5.91 Å². The smallest absolute Gasteiger partial charge is 0.251 e. The molecule has 2 aromatic rings. The number of Topliss-reactive ketones (excluding diaryl/α,β-unsaturated/α-hetero) is 1. The fourth-order valence-corrected chi connectivity index (χ4v) is 7.31. The fraction of sp³-hybridized carbons (Fsp3) is 0.586. The van der Waals surface area contributed by atoms with Gasteiger partial charge in [0.1, 0.15) is 18.7 Å². The van der Waals surface area contributed by atoms with Gasteiger partial charge in [-0.3, -0.25) is 14.4 Å². The molecule has 10 heteroatoms. The van der Waals surface area contributed by atoms with Crippen LogP contribution in [0, 0.1) is 5.92 Å². The summed E-state index contributed by atoms with van der Waals surface area (Å²) in [5.41, 5.74) is 2.38. The lowest BCUT2D eigenvalue weighted by Gasteiger charge is -2.34. The molecule has 1 aromatic carbocycles. The number of aromatic nitrogens is 1. The molecule has 4 fully saturated rings. The van der Waals surface area contributed by atoms with Crippen LogP contribution < -0.4 is 10.2 Å². The van der Waals surface area contributed by atoms with Gasteiger partial charge >= 0.3 is 0 Å². The number of nitrogens with one attached hydrogen (secondary N) is 1. The summed E-state index contributed by atoms with van der Waals surface area (Å²) in [4.78, 5) is 50.8. The molecule has 39 heavy (non-hydrogen) atoms. The largest absolute Gasteiger partial charge is 0.368 e. The molecule has 4 heterocycles. The zero-order chi connectivity index (χ0) is 26.9. The number of anilines is 1. The first-order valence-electron chi connectivity index (χ1n) is 14.2. The van der Waals surface area contributed by atoms with Crippen LogP contribution in [0.1, 0.15) is 48.9 Å². The zero-order valence-corrected chi connectivity index (χ0v) is 23.3. The Bertz CT molecular complexity index is 1200. The minimum absolute atomic E-state index is 0.0343. The van der Waals surface area contributed by atoms with Gasteiger partial charge in [-0.2, -0.15) is 0 Å². The standard InChI is InChI=1S/C29H37N5O4S/c1-32-13-15-33(16-14-32)29-30-22(18-39-29)19-7-9-21(10-8-19)27(36)31-25(20-5-3-2-4-6-20)28(37)34-12-11-24-26(34)23(35)17-38-24/h7-10,18,20,24-26H,2-6,11-17H2,1H3,(H,31,36)/t24-,25+,26-/m1/s1. The molecule has 6 rings (SSSR count). The number of rotatable bonds is 6. The Balaban J connectivity index is 1.15. The van der Waals surface area contributed by atoms with Gasteiger partial charge in [-0.25, -0.2) is 4.98 Å². The SMILES string of the molecule is CN1CCN(c2nc(-c3ccc(C(=O)N[C@H](C(=O)N4CC[C@H]5OCC(=O)[C@H]54)C4CCCCC4)cc3)cs2)CC1. The molecule has 3 saturated heterocycles. The van der Waals surface area contributed by atoms with Gasteiger partial charge in [-0.05, 0) is 44.4 Å². The van der Waals surface area contributed by atoms with Crippen molar-refractivity contribution in [2.75, 3.05) is 51.3 Å². The van der Waals surface area contributed by atoms with Crippen molar-refractivity contribution in [3.05, 3.63) is 35.2 Å². The molecule has 4 aliphatic rings. The van der Waals surface area contributed by atoms with Crippen molar-refractivity contribution in [1.29, 1.82) is 0 Å². The van der Waals surface area contributed by atoms with Crippen LogP contribution in [-0.4, -0.2) is 96.9 Å². The van der Waals surface area contributed by atoms with E-state index in [0.29, 0.717) is 18.5 Å². The van der Waals surface area contributed by atoms with Gasteiger partial charge < -0.3 is 24.8 Å². The first kappa shape index (κ1) is 26.4. The van der Waals surface area contributed by atoms with Gasteiger partial charge in [0.25, 0.3) is 5.91 Å². The van der Waals surface area contributed by atoms with E-state index in [9.17, 15) is 14.4 Å². The number of nitrogens with zero attached hydrogens (tertiary/aromatic N) is 4. The van der Waals surface area contributed by atoms with Crippen molar-refractivity contribution in [3.8, 4) is 11.3 Å². The van der Waals surface area contributed by atoms with Crippen molar-refractivity contribution in [2.24, 2.45) is 5.92 Å². The first-order chi connectivity index (χ1) is 19.0. The maximum atomic E-state index is 13.8. The lowest BCUT2D eigenvalue weighted by Crippen LogP contribution is -2.55. The number of ether oxygens (including phenoxy) is 1. The second-order valence-electron chi connectivity index (χ2n) is 11.3. The topological polar surface area (TPSA) is 95.1 Å². The molecule has 2 amide bonds. The predicted molar refractivity (Wildman–Crippen MR) is 150 cm³/mol. The van der Waals surface area contributed by atoms with Crippen LogP contribution in [-0.2, 0) is 14.3 Å². The number of thiazole rings is 1. The highest BCUT2D eigenvalue weighted by atomic mass is 32.1. The third-order valence-corrected chi connectivity index (χ3v) is 9.68. The molecule has 0 unspecified atom stereocenters. The summed E-state index contributed by atoms with van der Waals surface area (Å²) in [6.07, 6.45) is 5.53. The number of carbonyl (C=O) groups excluding carboxylic acids is 3. The van der Waals surface area contributed by atoms with E-state index >= 15 is 0 Å². The summed E-state index contributed by atoms with van der Waals surface area (Å²) < 4.78 is 5.59. The van der Waals surface area contributed by atoms with Crippen molar-refractivity contribution in [1.82, 2.24) is 20.1 Å². The molecule has 1 saturated carbocycles. The minimum Gasteiger partial charge on any atom is -0.368 e. The van der Waals surface area contributed by atoms with E-state index < -0.39 is 12.1 Å². The highest BCUT2D eigenvalue weighted by Gasteiger charge is 2.49. The lowest BCUT2D eigenvalue weighted by molar-refractivity contribution is -0.139. The van der Waals surface area contributed by atoms with E-state index in [1.807, 2.05) is 24.3 Å². The third kappa shape index (κ3) is 5.47. The first-order valence-corrected chi connectivity index (χ1v) is 15.1. The molecular formula is C29H37N5O4S. The van der Waals surface area contributed by atoms with Crippen LogP contribution in [0.15, 0.2) is 29.6 Å². The summed E-state index contributed by atoms with van der Waals surface area (Å²) in [5.74, 6) is -0.356. The predicted octanol–water partition coefficient (Wildman–Crippen LogP) is 2.81. The molecule has 0 bridgehead atoms. The second kappa shape index (κ2) is 11.3. The van der Waals surface area contributed by atoms with Crippen molar-refractivity contribution in [2.45, 2.75) is 56.7 Å². The van der Waals surface area contributed by atoms with E-state index in [1.165, 1.54) is 0 Å². The van der Waals surface area contributed by atoms with Crippen molar-refractivity contribution in [3.63, 3.8) is 0 Å². The summed E-state index contributed by atoms with van der Waals surface area (Å²) in [6, 6.07) is 6.33. The number of hydrogen-bond acceptors (Lipinski definition) is 8. The Hall–Kier alpha value is -2.82. The van der Waals surface area contributed by atoms with Crippen LogP contribution >= 0.6 is 11.3 Å². The van der Waals surface area contributed by atoms with Crippen LogP contribution in [0.25, 0.3) is 11.3 Å². The molecule has 208 valence electrons. The zero-order valence-electron chi connectivity index (χ0n) is 22.5. The van der Waals surface area contributed by atoms with E-state index in [-0.39, 0.29) is 36.2 Å². The Morgan fingerprint density at radius 2 is 1.77 bits per heavy atom. The highest BCUT2D eigenvalue weighted by Crippen LogP contribution is 2.32. The van der Waals surface area contributed by atoms with Gasteiger partial charge in [0.15, 0.2) is 10.9 Å². The van der Waals surface area contributed by atoms with Crippen LogP contribution in [0.5, 0.6) is 0 Å². The van der Waals surface area contributed by atoms with Crippen molar-refractivity contribution >= 4 is 34.1 Å². The Morgan fingerprint density at radius 1 is 1.03 bits per heavy atom. The van der Waals surface area contributed by atoms with E-state index in [0.717, 1.165) is 74.7 Å². The van der Waals surface area contributed by atoms with Crippen LogP contribution in [0.4, 0.5) is 5.13 Å². The molecule has 0 spiro atoms. The molecule has 1 N–H and O–H groups in total. The van der Waals surface area contributed by atoms with Gasteiger partial charge in [0.05, 0.1) is 11.8 Å². The number of ketones is 1. The fourth-order valence-electron chi connectivity index (χ4n) is 6.43. The lowest BCUT2D eigenvalue weighted by atomic mass is 9.83. The monoisotopic (exact) mass is 551 g/mol. The normalized spacial score (nSPS) is 25.1. The third-order valence-electron chi connectivity index (χ3n) is 8.78. The minimum atomic E-state index is -0.630. The summed E-state index contributed by atoms with van der Waals surface area (Å²) in [7, 11) is 2.14. The second-order valence-corrected chi connectivity index (χ2v) is 12.1. The maximum Gasteiger partial charge on any atom is 0.251 e. The van der Waals surface area contributed by atoms with E-state index in [2.05, 4.69) is 27.5 Å². The molecule has 1 aromatic heterocycles. The number of carbonyl (C=O) groups is 3. The highest BCUT2D eigenvalue weighted by molar-refractivity contribution is 7.14. The van der Waals surface area contributed by atoms with Crippen LogP contribution in [0.3, 0.4) is 0 Å². The number of hydrogen-bond donors (Lipinski definition) is 1. The number of fused-ring (bicyclic) bond motifs is 1. The van der Waals surface area contributed by atoms with Gasteiger partial charge in [0, 0.05) is 49.2 Å². The van der Waals surface area contributed by atoms with Crippen molar-refractivity contribution < 1.29 is 19.1 Å². The Labute approximate surface area is 233 Å². The number of amides is 2. The molecule has 3 atom stereocenters. The summed E-state index contributed by atoms with van der Waals surface area (Å²) in [6.45, 7) is 4.59. The average molecular weight is 552 g/mol. The summed E-state index contributed by atoms with van der Waals surface area (Å²) in [5, 5.41) is 6.18.